The minimum absolute atomic E-state index is 0.478. The van der Waals surface area contributed by atoms with Gasteiger partial charge in [0.25, 0.3) is 0 Å². The number of sulfonamides is 1. The second kappa shape index (κ2) is 11.1. The first-order valence-corrected chi connectivity index (χ1v) is 12.3. The Morgan fingerprint density at radius 1 is 1.04 bits per heavy atom. The van der Waals surface area contributed by atoms with Gasteiger partial charge >= 0.3 is 0 Å². The van der Waals surface area contributed by atoms with Crippen LogP contribution in [-0.4, -0.2) is 57.7 Å². The van der Waals surface area contributed by atoms with Gasteiger partial charge in [-0.15, -0.1) is 0 Å². The molecule has 6 nitrogen and oxygen atoms in total. The maximum atomic E-state index is 11.6. The molecule has 1 saturated heterocycles. The Morgan fingerprint density at radius 2 is 1.73 bits per heavy atom. The largest absolute Gasteiger partial charge is 0.357 e. The van der Waals surface area contributed by atoms with Crippen molar-refractivity contribution in [2.75, 3.05) is 39.0 Å². The average Bonchev–Trinajstić information content (AvgIpc) is 3.12. The molecule has 1 heterocycles. The third-order valence-corrected chi connectivity index (χ3v) is 7.00. The SMILES string of the molecule is CCNC(=NCC1CCN(S(C)(=O)=O)CC1)NCCCCC1CCCC1. The second-order valence-electron chi connectivity index (χ2n) is 7.90. The van der Waals surface area contributed by atoms with Crippen LogP contribution in [-0.2, 0) is 10.0 Å². The number of unbranched alkanes of at least 4 members (excludes halogenated alkanes) is 1. The van der Waals surface area contributed by atoms with Gasteiger partial charge in [0.2, 0.25) is 10.0 Å². The van der Waals surface area contributed by atoms with Crippen LogP contribution in [0.2, 0.25) is 0 Å². The fourth-order valence-electron chi connectivity index (χ4n) is 4.05. The van der Waals surface area contributed by atoms with Crippen LogP contribution in [0.4, 0.5) is 0 Å². The number of aliphatic imine (C=N–C) groups is 1. The summed E-state index contributed by atoms with van der Waals surface area (Å²) < 4.78 is 24.7. The van der Waals surface area contributed by atoms with Crippen molar-refractivity contribution < 1.29 is 8.42 Å². The molecule has 26 heavy (non-hydrogen) atoms. The summed E-state index contributed by atoms with van der Waals surface area (Å²) in [5, 5.41) is 6.77. The number of hydrogen-bond acceptors (Lipinski definition) is 3. The molecule has 0 aromatic carbocycles. The molecule has 0 spiro atoms. The van der Waals surface area contributed by atoms with Crippen LogP contribution >= 0.6 is 0 Å². The van der Waals surface area contributed by atoms with Gasteiger partial charge in [0, 0.05) is 32.7 Å². The zero-order chi connectivity index (χ0) is 18.8. The Bertz CT molecular complexity index is 522. The van der Waals surface area contributed by atoms with Crippen molar-refractivity contribution in [3.63, 3.8) is 0 Å². The van der Waals surface area contributed by atoms with Crippen molar-refractivity contribution in [3.8, 4) is 0 Å². The van der Waals surface area contributed by atoms with E-state index in [9.17, 15) is 8.42 Å². The van der Waals surface area contributed by atoms with E-state index in [1.54, 1.807) is 4.31 Å². The van der Waals surface area contributed by atoms with Crippen LogP contribution in [0.5, 0.6) is 0 Å². The highest BCUT2D eigenvalue weighted by atomic mass is 32.2. The highest BCUT2D eigenvalue weighted by Gasteiger charge is 2.24. The first-order chi connectivity index (χ1) is 12.5. The summed E-state index contributed by atoms with van der Waals surface area (Å²) in [4.78, 5) is 4.73. The summed E-state index contributed by atoms with van der Waals surface area (Å²) in [6.45, 7) is 5.96. The molecule has 0 radical (unpaired) electrons. The van der Waals surface area contributed by atoms with E-state index >= 15 is 0 Å². The molecular formula is C19H38N4O2S. The van der Waals surface area contributed by atoms with Crippen LogP contribution in [0, 0.1) is 11.8 Å². The van der Waals surface area contributed by atoms with Crippen molar-refractivity contribution >= 4 is 16.0 Å². The molecule has 0 bridgehead atoms. The normalized spacial score (nSPS) is 21.2. The number of piperidine rings is 1. The lowest BCUT2D eigenvalue weighted by Gasteiger charge is -2.29. The molecule has 2 fully saturated rings. The number of nitrogens with one attached hydrogen (secondary N) is 2. The van der Waals surface area contributed by atoms with Gasteiger partial charge in [0.15, 0.2) is 5.96 Å². The molecule has 2 aliphatic rings. The molecule has 152 valence electrons. The highest BCUT2D eigenvalue weighted by molar-refractivity contribution is 7.88. The lowest BCUT2D eigenvalue weighted by Crippen LogP contribution is -2.40. The predicted molar refractivity (Wildman–Crippen MR) is 109 cm³/mol. The number of hydrogen-bond donors (Lipinski definition) is 2. The fourth-order valence-corrected chi connectivity index (χ4v) is 4.92. The zero-order valence-corrected chi connectivity index (χ0v) is 17.5. The maximum absolute atomic E-state index is 11.6. The Kier molecular flexibility index (Phi) is 9.19. The van der Waals surface area contributed by atoms with Gasteiger partial charge in [-0.25, -0.2) is 12.7 Å². The summed E-state index contributed by atoms with van der Waals surface area (Å²) in [6.07, 6.45) is 12.7. The Hall–Kier alpha value is -0.820. The van der Waals surface area contributed by atoms with Gasteiger partial charge in [-0.1, -0.05) is 38.5 Å². The quantitative estimate of drug-likeness (QED) is 0.363. The molecule has 0 unspecified atom stereocenters. The minimum atomic E-state index is -3.04. The topological polar surface area (TPSA) is 73.8 Å². The van der Waals surface area contributed by atoms with Crippen LogP contribution in [0.25, 0.3) is 0 Å². The third-order valence-electron chi connectivity index (χ3n) is 5.70. The zero-order valence-electron chi connectivity index (χ0n) is 16.7. The fraction of sp³-hybridized carbons (Fsp3) is 0.947. The molecule has 2 N–H and O–H groups in total. The Balaban J connectivity index is 1.64. The summed E-state index contributed by atoms with van der Waals surface area (Å²) in [6, 6.07) is 0. The predicted octanol–water partition coefficient (Wildman–Crippen LogP) is 2.57. The molecule has 1 saturated carbocycles. The van der Waals surface area contributed by atoms with E-state index in [1.165, 1.54) is 51.2 Å². The molecule has 0 atom stereocenters. The Labute approximate surface area is 160 Å². The van der Waals surface area contributed by atoms with Gasteiger partial charge in [0.1, 0.15) is 0 Å². The van der Waals surface area contributed by atoms with E-state index in [4.69, 9.17) is 4.99 Å². The van der Waals surface area contributed by atoms with E-state index in [0.717, 1.165) is 44.4 Å². The smallest absolute Gasteiger partial charge is 0.211 e. The molecule has 7 heteroatoms. The first kappa shape index (κ1) is 21.5. The number of nitrogens with zero attached hydrogens (tertiary/aromatic N) is 2. The van der Waals surface area contributed by atoms with Crippen molar-refractivity contribution in [2.24, 2.45) is 16.8 Å². The maximum Gasteiger partial charge on any atom is 0.211 e. The molecule has 0 aromatic rings. The van der Waals surface area contributed by atoms with Crippen LogP contribution in [0.3, 0.4) is 0 Å². The second-order valence-corrected chi connectivity index (χ2v) is 9.88. The van der Waals surface area contributed by atoms with Gasteiger partial charge in [-0.3, -0.25) is 4.99 Å². The standard InChI is InChI=1S/C19H38N4O2S/c1-3-20-19(21-13-7-6-10-17-8-4-5-9-17)22-16-18-11-14-23(15-12-18)26(2,24)25/h17-18H,3-16H2,1-2H3,(H2,20,21,22). The number of guanidine groups is 1. The summed E-state index contributed by atoms with van der Waals surface area (Å²) in [5.74, 6) is 2.36. The van der Waals surface area contributed by atoms with Gasteiger partial charge < -0.3 is 10.6 Å². The average molecular weight is 387 g/mol. The van der Waals surface area contributed by atoms with Crippen molar-refractivity contribution in [3.05, 3.63) is 0 Å². The van der Waals surface area contributed by atoms with Crippen molar-refractivity contribution in [1.29, 1.82) is 0 Å². The van der Waals surface area contributed by atoms with Gasteiger partial charge in [-0.2, -0.15) is 0 Å². The summed E-state index contributed by atoms with van der Waals surface area (Å²) >= 11 is 0. The monoisotopic (exact) mass is 386 g/mol. The number of rotatable bonds is 9. The van der Waals surface area contributed by atoms with Gasteiger partial charge in [-0.05, 0) is 38.0 Å². The molecule has 0 aromatic heterocycles. The van der Waals surface area contributed by atoms with Crippen LogP contribution in [0.15, 0.2) is 4.99 Å². The van der Waals surface area contributed by atoms with Crippen molar-refractivity contribution in [1.82, 2.24) is 14.9 Å². The molecule has 0 amide bonds. The molecule has 1 aliphatic carbocycles. The first-order valence-electron chi connectivity index (χ1n) is 10.5. The lowest BCUT2D eigenvalue weighted by atomic mass is 9.98. The highest BCUT2D eigenvalue weighted by Crippen LogP contribution is 2.28. The third kappa shape index (κ3) is 7.82. The molecule has 2 rings (SSSR count). The summed E-state index contributed by atoms with van der Waals surface area (Å²) in [7, 11) is -3.04. The molecular weight excluding hydrogens is 348 g/mol. The van der Waals surface area contributed by atoms with Crippen molar-refractivity contribution in [2.45, 2.75) is 64.7 Å². The van der Waals surface area contributed by atoms with E-state index in [2.05, 4.69) is 17.6 Å². The van der Waals surface area contributed by atoms with E-state index < -0.39 is 10.0 Å². The summed E-state index contributed by atoms with van der Waals surface area (Å²) in [5.41, 5.74) is 0. The van der Waals surface area contributed by atoms with E-state index in [-0.39, 0.29) is 0 Å². The minimum Gasteiger partial charge on any atom is -0.357 e. The van der Waals surface area contributed by atoms with E-state index in [0.29, 0.717) is 19.0 Å². The van der Waals surface area contributed by atoms with Crippen LogP contribution in [0.1, 0.15) is 64.7 Å². The van der Waals surface area contributed by atoms with Crippen LogP contribution < -0.4 is 10.6 Å². The van der Waals surface area contributed by atoms with E-state index in [1.807, 2.05) is 0 Å². The Morgan fingerprint density at radius 3 is 2.35 bits per heavy atom. The van der Waals surface area contributed by atoms with Gasteiger partial charge in [0.05, 0.1) is 6.26 Å². The molecule has 1 aliphatic heterocycles. The lowest BCUT2D eigenvalue weighted by molar-refractivity contribution is 0.280.